The lowest BCUT2D eigenvalue weighted by molar-refractivity contribution is -0.0426. The quantitative estimate of drug-likeness (QED) is 0.832. The Morgan fingerprint density at radius 3 is 3.00 bits per heavy atom. The van der Waals surface area contributed by atoms with E-state index in [9.17, 15) is 4.79 Å². The fraction of sp³-hybridized carbons (Fsp3) is 0.538. The van der Waals surface area contributed by atoms with Crippen LogP contribution in [0.4, 0.5) is 0 Å². The molecule has 0 spiro atoms. The van der Waals surface area contributed by atoms with Gasteiger partial charge in [0.2, 0.25) is 0 Å². The first-order valence-corrected chi connectivity index (χ1v) is 6.17. The number of morpholine rings is 1. The van der Waals surface area contributed by atoms with Gasteiger partial charge in [0.15, 0.2) is 0 Å². The van der Waals surface area contributed by atoms with Crippen molar-refractivity contribution in [2.24, 2.45) is 5.73 Å². The van der Waals surface area contributed by atoms with Crippen LogP contribution in [-0.2, 0) is 4.74 Å². The third-order valence-electron chi connectivity index (χ3n) is 3.19. The van der Waals surface area contributed by atoms with E-state index in [-0.39, 0.29) is 18.1 Å². The maximum Gasteiger partial charge on any atom is 0.255 e. The summed E-state index contributed by atoms with van der Waals surface area (Å²) in [7, 11) is 0. The van der Waals surface area contributed by atoms with Crippen LogP contribution >= 0.6 is 0 Å². The SMILES string of the molecule is Cc1ccc(C(=O)N2CC(CN)OCC2C)cn1. The van der Waals surface area contributed by atoms with Gasteiger partial charge in [0.25, 0.3) is 5.91 Å². The molecule has 1 aliphatic rings. The smallest absolute Gasteiger partial charge is 0.255 e. The molecule has 1 amide bonds. The molecule has 0 saturated carbocycles. The van der Waals surface area contributed by atoms with Crippen LogP contribution in [0.3, 0.4) is 0 Å². The molecule has 2 unspecified atom stereocenters. The van der Waals surface area contributed by atoms with E-state index in [0.29, 0.717) is 25.3 Å². The predicted octanol–water partition coefficient (Wildman–Crippen LogP) is 0.578. The van der Waals surface area contributed by atoms with Gasteiger partial charge >= 0.3 is 0 Å². The number of hydrogen-bond acceptors (Lipinski definition) is 4. The molecule has 5 heteroatoms. The highest BCUT2D eigenvalue weighted by Gasteiger charge is 2.29. The predicted molar refractivity (Wildman–Crippen MR) is 68.3 cm³/mol. The van der Waals surface area contributed by atoms with Crippen LogP contribution in [0.25, 0.3) is 0 Å². The van der Waals surface area contributed by atoms with Crippen molar-refractivity contribution in [3.05, 3.63) is 29.6 Å². The second kappa shape index (κ2) is 5.46. The molecule has 0 bridgehead atoms. The summed E-state index contributed by atoms with van der Waals surface area (Å²) in [6.45, 7) is 5.39. The molecule has 2 heterocycles. The minimum absolute atomic E-state index is 0.00301. The second-order valence-electron chi connectivity index (χ2n) is 4.69. The number of ether oxygens (including phenoxy) is 1. The van der Waals surface area contributed by atoms with Gasteiger partial charge in [-0.2, -0.15) is 0 Å². The highest BCUT2D eigenvalue weighted by atomic mass is 16.5. The Bertz CT molecular complexity index is 419. The zero-order valence-corrected chi connectivity index (χ0v) is 10.8. The number of aryl methyl sites for hydroxylation is 1. The highest BCUT2D eigenvalue weighted by Crippen LogP contribution is 2.15. The summed E-state index contributed by atoms with van der Waals surface area (Å²) >= 11 is 0. The average molecular weight is 249 g/mol. The molecule has 1 aromatic heterocycles. The number of hydrogen-bond donors (Lipinski definition) is 1. The monoisotopic (exact) mass is 249 g/mol. The van der Waals surface area contributed by atoms with E-state index in [1.807, 2.05) is 30.9 Å². The lowest BCUT2D eigenvalue weighted by atomic mass is 10.1. The lowest BCUT2D eigenvalue weighted by Gasteiger charge is -2.37. The van der Waals surface area contributed by atoms with E-state index in [2.05, 4.69) is 4.98 Å². The van der Waals surface area contributed by atoms with Crippen LogP contribution in [0.15, 0.2) is 18.3 Å². The Morgan fingerprint density at radius 1 is 1.61 bits per heavy atom. The first kappa shape index (κ1) is 13.0. The normalized spacial score (nSPS) is 24.1. The highest BCUT2D eigenvalue weighted by molar-refractivity contribution is 5.94. The van der Waals surface area contributed by atoms with Crippen molar-refractivity contribution < 1.29 is 9.53 Å². The fourth-order valence-electron chi connectivity index (χ4n) is 2.00. The Hall–Kier alpha value is -1.46. The van der Waals surface area contributed by atoms with Crippen LogP contribution in [0.2, 0.25) is 0 Å². The molecule has 2 atom stereocenters. The number of carbonyl (C=O) groups is 1. The molecular weight excluding hydrogens is 230 g/mol. The van der Waals surface area contributed by atoms with Crippen molar-refractivity contribution in [3.63, 3.8) is 0 Å². The van der Waals surface area contributed by atoms with Crippen molar-refractivity contribution in [3.8, 4) is 0 Å². The zero-order chi connectivity index (χ0) is 13.1. The van der Waals surface area contributed by atoms with Gasteiger partial charge in [0.05, 0.1) is 24.3 Å². The molecule has 0 radical (unpaired) electrons. The first-order valence-electron chi connectivity index (χ1n) is 6.17. The number of pyridine rings is 1. The molecule has 1 saturated heterocycles. The van der Waals surface area contributed by atoms with Crippen molar-refractivity contribution >= 4 is 5.91 Å². The number of nitrogens with two attached hydrogens (primary N) is 1. The van der Waals surface area contributed by atoms with Crippen molar-refractivity contribution in [2.45, 2.75) is 26.0 Å². The summed E-state index contributed by atoms with van der Waals surface area (Å²) in [5.41, 5.74) is 7.11. The first-order chi connectivity index (χ1) is 8.61. The van der Waals surface area contributed by atoms with Crippen LogP contribution in [0, 0.1) is 6.92 Å². The van der Waals surface area contributed by atoms with Crippen LogP contribution in [0.1, 0.15) is 23.0 Å². The zero-order valence-electron chi connectivity index (χ0n) is 10.8. The van der Waals surface area contributed by atoms with E-state index in [4.69, 9.17) is 10.5 Å². The van der Waals surface area contributed by atoms with Crippen LogP contribution in [-0.4, -0.2) is 47.6 Å². The summed E-state index contributed by atoms with van der Waals surface area (Å²) in [6.07, 6.45) is 1.56. The molecule has 1 aliphatic heterocycles. The van der Waals surface area contributed by atoms with Gasteiger partial charge in [-0.15, -0.1) is 0 Å². The molecule has 1 fully saturated rings. The summed E-state index contributed by atoms with van der Waals surface area (Å²) < 4.78 is 5.54. The standard InChI is InChI=1S/C13H19N3O2/c1-9-3-4-11(6-15-9)13(17)16-7-12(5-14)18-8-10(16)2/h3-4,6,10,12H,5,7-8,14H2,1-2H3. The van der Waals surface area contributed by atoms with E-state index >= 15 is 0 Å². The number of aromatic nitrogens is 1. The maximum absolute atomic E-state index is 12.4. The van der Waals surface area contributed by atoms with Crippen molar-refractivity contribution in [2.75, 3.05) is 19.7 Å². The van der Waals surface area contributed by atoms with E-state index in [1.54, 1.807) is 6.20 Å². The molecule has 2 N–H and O–H groups in total. The lowest BCUT2D eigenvalue weighted by Crippen LogP contribution is -2.52. The van der Waals surface area contributed by atoms with E-state index in [1.165, 1.54) is 0 Å². The number of amides is 1. The number of carbonyl (C=O) groups excluding carboxylic acids is 1. The minimum Gasteiger partial charge on any atom is -0.373 e. The molecule has 18 heavy (non-hydrogen) atoms. The van der Waals surface area contributed by atoms with E-state index < -0.39 is 0 Å². The molecule has 2 rings (SSSR count). The van der Waals surface area contributed by atoms with Gasteiger partial charge < -0.3 is 15.4 Å². The van der Waals surface area contributed by atoms with Crippen LogP contribution < -0.4 is 5.73 Å². The molecule has 0 aromatic carbocycles. The second-order valence-corrected chi connectivity index (χ2v) is 4.69. The Labute approximate surface area is 107 Å². The van der Waals surface area contributed by atoms with Crippen molar-refractivity contribution in [1.29, 1.82) is 0 Å². The third kappa shape index (κ3) is 2.68. The van der Waals surface area contributed by atoms with Gasteiger partial charge in [-0.25, -0.2) is 0 Å². The summed E-state index contributed by atoms with van der Waals surface area (Å²) in [6, 6.07) is 3.73. The van der Waals surface area contributed by atoms with Gasteiger partial charge in [-0.1, -0.05) is 0 Å². The van der Waals surface area contributed by atoms with E-state index in [0.717, 1.165) is 5.69 Å². The van der Waals surface area contributed by atoms with Gasteiger partial charge in [0.1, 0.15) is 0 Å². The minimum atomic E-state index is -0.0662. The molecule has 5 nitrogen and oxygen atoms in total. The number of rotatable bonds is 2. The third-order valence-corrected chi connectivity index (χ3v) is 3.19. The van der Waals surface area contributed by atoms with Crippen LogP contribution in [0.5, 0.6) is 0 Å². The number of nitrogens with zero attached hydrogens (tertiary/aromatic N) is 2. The Morgan fingerprint density at radius 2 is 2.39 bits per heavy atom. The molecular formula is C13H19N3O2. The van der Waals surface area contributed by atoms with Crippen molar-refractivity contribution in [1.82, 2.24) is 9.88 Å². The average Bonchev–Trinajstić information content (AvgIpc) is 2.39. The summed E-state index contributed by atoms with van der Waals surface area (Å²) in [5, 5.41) is 0. The molecule has 1 aromatic rings. The molecule has 0 aliphatic carbocycles. The largest absolute Gasteiger partial charge is 0.373 e. The van der Waals surface area contributed by atoms with Gasteiger partial charge in [0, 0.05) is 25.0 Å². The Kier molecular flexibility index (Phi) is 3.93. The summed E-state index contributed by atoms with van der Waals surface area (Å²) in [5.74, 6) is -0.00301. The van der Waals surface area contributed by atoms with Gasteiger partial charge in [-0.3, -0.25) is 9.78 Å². The topological polar surface area (TPSA) is 68.5 Å². The molecule has 98 valence electrons. The Balaban J connectivity index is 2.13. The fourth-order valence-corrected chi connectivity index (χ4v) is 2.00. The summed E-state index contributed by atoms with van der Waals surface area (Å²) in [4.78, 5) is 18.3. The van der Waals surface area contributed by atoms with Gasteiger partial charge in [-0.05, 0) is 26.0 Å². The maximum atomic E-state index is 12.4.